The molecule has 1 atom stereocenters. The Hall–Kier alpha value is -1.69. The molecule has 1 fully saturated rings. The maximum absolute atomic E-state index is 13.8. The van der Waals surface area contributed by atoms with Crippen LogP contribution in [0.4, 0.5) is 10.2 Å². The lowest BCUT2D eigenvalue weighted by Gasteiger charge is -2.39. The number of rotatable bonds is 2. The Balaban J connectivity index is 2.18. The van der Waals surface area contributed by atoms with Gasteiger partial charge in [-0.15, -0.1) is 0 Å². The zero-order valence-corrected chi connectivity index (χ0v) is 11.3. The van der Waals surface area contributed by atoms with Crippen molar-refractivity contribution >= 4 is 11.7 Å². The number of piperazine rings is 1. The highest BCUT2D eigenvalue weighted by atomic mass is 19.1. The van der Waals surface area contributed by atoms with Crippen molar-refractivity contribution in [2.75, 3.05) is 32.4 Å². The third-order valence-electron chi connectivity index (χ3n) is 3.68. The van der Waals surface area contributed by atoms with E-state index in [1.54, 1.807) is 4.90 Å². The Kier molecular flexibility index (Phi) is 3.99. The van der Waals surface area contributed by atoms with Gasteiger partial charge in [0.1, 0.15) is 0 Å². The summed E-state index contributed by atoms with van der Waals surface area (Å²) in [6, 6.07) is 1.70. The lowest BCUT2D eigenvalue weighted by atomic mass is 10.1. The lowest BCUT2D eigenvalue weighted by molar-refractivity contribution is 0.0537. The van der Waals surface area contributed by atoms with Gasteiger partial charge in [0.05, 0.1) is 5.56 Å². The molecule has 104 valence electrons. The number of carbonyl (C=O) groups excluding carboxylic acids is 1. The zero-order chi connectivity index (χ0) is 14.0. The highest BCUT2D eigenvalue weighted by Gasteiger charge is 2.28. The van der Waals surface area contributed by atoms with Crippen LogP contribution in [0.5, 0.6) is 0 Å². The first kappa shape index (κ1) is 13.7. The fourth-order valence-corrected chi connectivity index (χ4v) is 2.37. The minimum atomic E-state index is -0.723. The Morgan fingerprint density at radius 2 is 2.32 bits per heavy atom. The molecule has 1 unspecified atom stereocenters. The maximum atomic E-state index is 13.8. The van der Waals surface area contributed by atoms with Crippen LogP contribution in [0.1, 0.15) is 23.7 Å². The molecule has 1 amide bonds. The Morgan fingerprint density at radius 1 is 1.58 bits per heavy atom. The van der Waals surface area contributed by atoms with Crippen LogP contribution in [0, 0.1) is 5.82 Å². The van der Waals surface area contributed by atoms with Gasteiger partial charge < -0.3 is 10.6 Å². The fraction of sp³-hybridized carbons (Fsp3) is 0.538. The molecule has 2 N–H and O–H groups in total. The van der Waals surface area contributed by atoms with E-state index in [1.807, 2.05) is 7.05 Å². The third kappa shape index (κ3) is 2.68. The molecule has 19 heavy (non-hydrogen) atoms. The summed E-state index contributed by atoms with van der Waals surface area (Å²) < 4.78 is 13.8. The minimum absolute atomic E-state index is 0.00639. The predicted octanol–water partition coefficient (Wildman–Crippen LogP) is 0.969. The average Bonchev–Trinajstić information content (AvgIpc) is 2.41. The second-order valence-electron chi connectivity index (χ2n) is 4.85. The Morgan fingerprint density at radius 3 is 3.00 bits per heavy atom. The molecule has 0 radical (unpaired) electrons. The topological polar surface area (TPSA) is 62.5 Å². The monoisotopic (exact) mass is 266 g/mol. The van der Waals surface area contributed by atoms with Crippen LogP contribution in [-0.2, 0) is 0 Å². The first-order chi connectivity index (χ1) is 9.04. The van der Waals surface area contributed by atoms with Crippen LogP contribution >= 0.6 is 0 Å². The summed E-state index contributed by atoms with van der Waals surface area (Å²) in [5.74, 6) is -1.26. The highest BCUT2D eigenvalue weighted by Crippen LogP contribution is 2.17. The van der Waals surface area contributed by atoms with Crippen molar-refractivity contribution in [3.8, 4) is 0 Å². The van der Waals surface area contributed by atoms with Crippen molar-refractivity contribution in [2.24, 2.45) is 0 Å². The molecule has 0 saturated carbocycles. The predicted molar refractivity (Wildman–Crippen MR) is 71.2 cm³/mol. The number of aromatic nitrogens is 1. The second-order valence-corrected chi connectivity index (χ2v) is 4.85. The van der Waals surface area contributed by atoms with Crippen LogP contribution < -0.4 is 5.73 Å². The van der Waals surface area contributed by atoms with Crippen LogP contribution in [-0.4, -0.2) is 53.4 Å². The molecule has 1 aliphatic rings. The van der Waals surface area contributed by atoms with E-state index in [2.05, 4.69) is 16.8 Å². The summed E-state index contributed by atoms with van der Waals surface area (Å²) in [7, 11) is 2.04. The Labute approximate surface area is 112 Å². The molecular weight excluding hydrogens is 247 g/mol. The van der Waals surface area contributed by atoms with E-state index in [1.165, 1.54) is 12.3 Å². The van der Waals surface area contributed by atoms with Crippen molar-refractivity contribution in [2.45, 2.75) is 19.4 Å². The van der Waals surface area contributed by atoms with Gasteiger partial charge >= 0.3 is 0 Å². The molecule has 1 aromatic heterocycles. The molecule has 5 nitrogen and oxygen atoms in total. The smallest absolute Gasteiger partial charge is 0.257 e. The van der Waals surface area contributed by atoms with Crippen molar-refractivity contribution < 1.29 is 9.18 Å². The molecule has 1 saturated heterocycles. The molecule has 1 aliphatic heterocycles. The number of anilines is 1. The SMILES string of the molecule is CCC1CN(C(=O)c2ccnc(N)c2F)CCN1C. The molecule has 2 rings (SSSR count). The van der Waals surface area contributed by atoms with Crippen LogP contribution in [0.25, 0.3) is 0 Å². The first-order valence-electron chi connectivity index (χ1n) is 6.44. The first-order valence-corrected chi connectivity index (χ1v) is 6.44. The van der Waals surface area contributed by atoms with Gasteiger partial charge in [0.25, 0.3) is 5.91 Å². The number of halogens is 1. The van der Waals surface area contributed by atoms with Crippen LogP contribution in [0.3, 0.4) is 0 Å². The van der Waals surface area contributed by atoms with Gasteiger partial charge in [0.15, 0.2) is 11.6 Å². The molecule has 0 spiro atoms. The van der Waals surface area contributed by atoms with Crippen LogP contribution in [0.2, 0.25) is 0 Å². The normalized spacial score (nSPS) is 20.6. The number of pyridine rings is 1. The quantitative estimate of drug-likeness (QED) is 0.866. The highest BCUT2D eigenvalue weighted by molar-refractivity contribution is 5.95. The van der Waals surface area contributed by atoms with E-state index < -0.39 is 5.82 Å². The second kappa shape index (κ2) is 5.52. The summed E-state index contributed by atoms with van der Waals surface area (Å²) in [6.07, 6.45) is 2.32. The molecule has 2 heterocycles. The number of likely N-dealkylation sites (N-methyl/N-ethyl adjacent to an activating group) is 1. The summed E-state index contributed by atoms with van der Waals surface area (Å²) in [6.45, 7) is 4.10. The van der Waals surface area contributed by atoms with Crippen LogP contribution in [0.15, 0.2) is 12.3 Å². The van der Waals surface area contributed by atoms with Crippen molar-refractivity contribution in [3.63, 3.8) is 0 Å². The van der Waals surface area contributed by atoms with E-state index in [0.29, 0.717) is 19.1 Å². The summed E-state index contributed by atoms with van der Waals surface area (Å²) in [4.78, 5) is 19.9. The van der Waals surface area contributed by atoms with E-state index in [9.17, 15) is 9.18 Å². The van der Waals surface area contributed by atoms with E-state index in [0.717, 1.165) is 13.0 Å². The fourth-order valence-electron chi connectivity index (χ4n) is 2.37. The molecule has 0 aromatic carbocycles. The lowest BCUT2D eigenvalue weighted by Crippen LogP contribution is -2.53. The largest absolute Gasteiger partial charge is 0.381 e. The summed E-state index contributed by atoms with van der Waals surface area (Å²) in [5.41, 5.74) is 5.40. The Bertz CT molecular complexity index is 480. The number of hydrogen-bond acceptors (Lipinski definition) is 4. The van der Waals surface area contributed by atoms with Gasteiger partial charge in [-0.1, -0.05) is 6.92 Å². The summed E-state index contributed by atoms with van der Waals surface area (Å²) >= 11 is 0. The summed E-state index contributed by atoms with van der Waals surface area (Å²) in [5, 5.41) is 0. The molecule has 0 bridgehead atoms. The van der Waals surface area contributed by atoms with Crippen molar-refractivity contribution in [1.29, 1.82) is 0 Å². The van der Waals surface area contributed by atoms with E-state index >= 15 is 0 Å². The van der Waals surface area contributed by atoms with Gasteiger partial charge in [-0.25, -0.2) is 9.37 Å². The third-order valence-corrected chi connectivity index (χ3v) is 3.68. The standard InChI is InChI=1S/C13H19FN4O/c1-3-9-8-18(7-6-17(9)2)13(19)10-4-5-16-12(15)11(10)14/h4-5,9H,3,6-8H2,1-2H3,(H2,15,16). The van der Waals surface area contributed by atoms with Gasteiger partial charge in [-0.3, -0.25) is 9.69 Å². The zero-order valence-electron chi connectivity index (χ0n) is 11.3. The number of nitrogens with zero attached hydrogens (tertiary/aromatic N) is 3. The minimum Gasteiger partial charge on any atom is -0.381 e. The van der Waals surface area contributed by atoms with Gasteiger partial charge in [0, 0.05) is 31.9 Å². The number of nitrogens with two attached hydrogens (primary N) is 1. The molecule has 1 aromatic rings. The average molecular weight is 266 g/mol. The van der Waals surface area contributed by atoms with Gasteiger partial charge in [0.2, 0.25) is 0 Å². The molecule has 6 heteroatoms. The van der Waals surface area contributed by atoms with Gasteiger partial charge in [-0.05, 0) is 19.5 Å². The van der Waals surface area contributed by atoms with Crippen molar-refractivity contribution in [1.82, 2.24) is 14.8 Å². The van der Waals surface area contributed by atoms with Crippen molar-refractivity contribution in [3.05, 3.63) is 23.6 Å². The number of carbonyl (C=O) groups is 1. The molecule has 0 aliphatic carbocycles. The number of hydrogen-bond donors (Lipinski definition) is 1. The van der Waals surface area contributed by atoms with E-state index in [-0.39, 0.29) is 17.3 Å². The number of nitrogen functional groups attached to an aromatic ring is 1. The number of amides is 1. The van der Waals surface area contributed by atoms with Gasteiger partial charge in [-0.2, -0.15) is 0 Å². The molecular formula is C13H19FN4O. The maximum Gasteiger partial charge on any atom is 0.257 e. The van der Waals surface area contributed by atoms with E-state index in [4.69, 9.17) is 5.73 Å².